The largest absolute Gasteiger partial charge is 0.491 e. The first kappa shape index (κ1) is 19.5. The first-order chi connectivity index (χ1) is 11.8. The Hall–Kier alpha value is -1.79. The molecule has 1 N–H and O–H groups in total. The number of amides is 2. The topological polar surface area (TPSA) is 54.0 Å². The molecule has 1 heterocycles. The van der Waals surface area contributed by atoms with Gasteiger partial charge in [0.25, 0.3) is 0 Å². The first-order valence-electron chi connectivity index (χ1n) is 8.93. The highest BCUT2D eigenvalue weighted by Crippen LogP contribution is 2.20. The number of urea groups is 1. The minimum Gasteiger partial charge on any atom is -0.491 e. The average Bonchev–Trinajstić information content (AvgIpc) is 2.54. The molecule has 6 heteroatoms. The summed E-state index contributed by atoms with van der Waals surface area (Å²) in [5, 5.41) is 3.08. The van der Waals surface area contributed by atoms with Gasteiger partial charge in [0, 0.05) is 19.6 Å². The van der Waals surface area contributed by atoms with Crippen LogP contribution in [0.2, 0.25) is 0 Å². The van der Waals surface area contributed by atoms with Crippen molar-refractivity contribution >= 4 is 6.03 Å². The van der Waals surface area contributed by atoms with Crippen LogP contribution in [0.5, 0.6) is 5.75 Å². The number of hydrogen-bond donors (Lipinski definition) is 1. The molecule has 2 atom stereocenters. The van der Waals surface area contributed by atoms with Gasteiger partial charge in [-0.05, 0) is 52.6 Å². The lowest BCUT2D eigenvalue weighted by molar-refractivity contribution is -0.0248. The maximum absolute atomic E-state index is 12.6. The molecule has 2 rings (SSSR count). The number of rotatable bonds is 6. The van der Waals surface area contributed by atoms with Crippen LogP contribution in [0.4, 0.5) is 4.79 Å². The van der Waals surface area contributed by atoms with Gasteiger partial charge in [-0.15, -0.1) is 0 Å². The molecule has 1 saturated heterocycles. The van der Waals surface area contributed by atoms with E-state index in [2.05, 4.69) is 10.2 Å². The number of ether oxygens (including phenoxy) is 2. The number of benzene rings is 1. The fourth-order valence-electron chi connectivity index (χ4n) is 2.91. The molecule has 2 amide bonds. The predicted molar refractivity (Wildman–Crippen MR) is 99.0 cm³/mol. The van der Waals surface area contributed by atoms with E-state index < -0.39 is 0 Å². The van der Waals surface area contributed by atoms with Gasteiger partial charge in [0.05, 0.1) is 24.9 Å². The summed E-state index contributed by atoms with van der Waals surface area (Å²) in [6.45, 7) is 8.63. The Labute approximate surface area is 151 Å². The van der Waals surface area contributed by atoms with Gasteiger partial charge < -0.3 is 24.6 Å². The molecule has 1 aliphatic heterocycles. The predicted octanol–water partition coefficient (Wildman–Crippen LogP) is 2.51. The number of nitrogens with one attached hydrogen (secondary N) is 1. The quantitative estimate of drug-likeness (QED) is 0.857. The number of morpholine rings is 1. The average molecular weight is 349 g/mol. The van der Waals surface area contributed by atoms with Crippen molar-refractivity contribution in [3.05, 3.63) is 29.8 Å². The van der Waals surface area contributed by atoms with Gasteiger partial charge in [-0.3, -0.25) is 0 Å². The molecule has 25 heavy (non-hydrogen) atoms. The highest BCUT2D eigenvalue weighted by molar-refractivity contribution is 5.74. The third kappa shape index (κ3) is 6.21. The smallest absolute Gasteiger partial charge is 0.318 e. The zero-order chi connectivity index (χ0) is 18.4. The lowest BCUT2D eigenvalue weighted by atomic mass is 10.1. The maximum Gasteiger partial charge on any atom is 0.318 e. The van der Waals surface area contributed by atoms with Crippen molar-refractivity contribution in [2.24, 2.45) is 0 Å². The van der Waals surface area contributed by atoms with Crippen molar-refractivity contribution in [3.63, 3.8) is 0 Å². The standard InChI is InChI=1S/C19H31N3O3/c1-14(2)25-17-8-6-7-16(11-17)15(3)20-19(23)22-9-10-24-18(13-22)12-21(4)5/h6-8,11,14-15,18H,9-10,12-13H2,1-5H3,(H,20,23). The summed E-state index contributed by atoms with van der Waals surface area (Å²) in [4.78, 5) is 16.5. The van der Waals surface area contributed by atoms with Crippen LogP contribution in [0, 0.1) is 0 Å². The van der Waals surface area contributed by atoms with Crippen LogP contribution in [0.1, 0.15) is 32.4 Å². The van der Waals surface area contributed by atoms with E-state index >= 15 is 0 Å². The second kappa shape index (κ2) is 9.06. The molecular weight excluding hydrogens is 318 g/mol. The number of carbonyl (C=O) groups is 1. The molecule has 1 fully saturated rings. The molecule has 140 valence electrons. The highest BCUT2D eigenvalue weighted by Gasteiger charge is 2.25. The van der Waals surface area contributed by atoms with E-state index in [0.29, 0.717) is 19.7 Å². The minimum atomic E-state index is -0.0849. The van der Waals surface area contributed by atoms with Gasteiger partial charge >= 0.3 is 6.03 Å². The van der Waals surface area contributed by atoms with Crippen LogP contribution in [0.3, 0.4) is 0 Å². The van der Waals surface area contributed by atoms with E-state index in [9.17, 15) is 4.79 Å². The van der Waals surface area contributed by atoms with Crippen LogP contribution in [0.15, 0.2) is 24.3 Å². The Morgan fingerprint density at radius 3 is 2.84 bits per heavy atom. The Morgan fingerprint density at radius 1 is 1.40 bits per heavy atom. The monoisotopic (exact) mass is 349 g/mol. The van der Waals surface area contributed by atoms with Crippen molar-refractivity contribution in [1.82, 2.24) is 15.1 Å². The van der Waals surface area contributed by atoms with Crippen LogP contribution in [-0.4, -0.2) is 68.4 Å². The Kier molecular flexibility index (Phi) is 7.08. The summed E-state index contributed by atoms with van der Waals surface area (Å²) >= 11 is 0. The third-order valence-corrected chi connectivity index (χ3v) is 4.06. The summed E-state index contributed by atoms with van der Waals surface area (Å²) in [7, 11) is 4.02. The molecule has 0 radical (unpaired) electrons. The van der Waals surface area contributed by atoms with Gasteiger partial charge in [-0.25, -0.2) is 4.79 Å². The molecule has 0 bridgehead atoms. The van der Waals surface area contributed by atoms with E-state index in [-0.39, 0.29) is 24.3 Å². The SMILES string of the molecule is CC(C)Oc1cccc(C(C)NC(=O)N2CCOC(CN(C)C)C2)c1. The molecule has 2 unspecified atom stereocenters. The third-order valence-electron chi connectivity index (χ3n) is 4.06. The van der Waals surface area contributed by atoms with Crippen molar-refractivity contribution in [3.8, 4) is 5.75 Å². The minimum absolute atomic E-state index is 0.0465. The van der Waals surface area contributed by atoms with Crippen LogP contribution < -0.4 is 10.1 Å². The van der Waals surface area contributed by atoms with Crippen molar-refractivity contribution in [1.29, 1.82) is 0 Å². The van der Waals surface area contributed by atoms with Crippen molar-refractivity contribution < 1.29 is 14.3 Å². The van der Waals surface area contributed by atoms with E-state index in [1.54, 1.807) is 0 Å². The fraction of sp³-hybridized carbons (Fsp3) is 0.632. The van der Waals surface area contributed by atoms with Crippen molar-refractivity contribution in [2.75, 3.05) is 40.3 Å². The molecule has 1 aliphatic rings. The molecule has 0 spiro atoms. The molecule has 0 aromatic heterocycles. The molecule has 0 aliphatic carbocycles. The first-order valence-corrected chi connectivity index (χ1v) is 8.93. The number of nitrogens with zero attached hydrogens (tertiary/aromatic N) is 2. The Balaban J connectivity index is 1.93. The second-order valence-corrected chi connectivity index (χ2v) is 7.11. The number of likely N-dealkylation sites (N-methyl/N-ethyl adjacent to an activating group) is 1. The molecule has 1 aromatic rings. The van der Waals surface area contributed by atoms with E-state index in [4.69, 9.17) is 9.47 Å². The number of hydrogen-bond acceptors (Lipinski definition) is 4. The molecule has 1 aromatic carbocycles. The number of carbonyl (C=O) groups excluding carboxylic acids is 1. The summed E-state index contributed by atoms with van der Waals surface area (Å²) in [5.41, 5.74) is 1.03. The zero-order valence-corrected chi connectivity index (χ0v) is 16.0. The summed E-state index contributed by atoms with van der Waals surface area (Å²) in [6.07, 6.45) is 0.190. The van der Waals surface area contributed by atoms with Crippen LogP contribution in [0.25, 0.3) is 0 Å². The summed E-state index contributed by atoms with van der Waals surface area (Å²) in [5.74, 6) is 0.825. The summed E-state index contributed by atoms with van der Waals surface area (Å²) in [6, 6.07) is 7.75. The lowest BCUT2D eigenvalue weighted by Crippen LogP contribution is -2.52. The Bertz CT molecular complexity index is 563. The second-order valence-electron chi connectivity index (χ2n) is 7.11. The van der Waals surface area contributed by atoms with Crippen LogP contribution in [-0.2, 0) is 4.74 Å². The van der Waals surface area contributed by atoms with Crippen molar-refractivity contribution in [2.45, 2.75) is 39.0 Å². The van der Waals surface area contributed by atoms with E-state index in [0.717, 1.165) is 17.9 Å². The van der Waals surface area contributed by atoms with E-state index in [1.807, 2.05) is 64.0 Å². The normalized spacial score (nSPS) is 19.2. The lowest BCUT2D eigenvalue weighted by Gasteiger charge is -2.34. The Morgan fingerprint density at radius 2 is 2.16 bits per heavy atom. The van der Waals surface area contributed by atoms with Gasteiger partial charge in [0.2, 0.25) is 0 Å². The molecule has 6 nitrogen and oxygen atoms in total. The van der Waals surface area contributed by atoms with Gasteiger partial charge in [0.1, 0.15) is 5.75 Å². The van der Waals surface area contributed by atoms with Gasteiger partial charge in [-0.2, -0.15) is 0 Å². The van der Waals surface area contributed by atoms with Gasteiger partial charge in [-0.1, -0.05) is 12.1 Å². The fourth-order valence-corrected chi connectivity index (χ4v) is 2.91. The highest BCUT2D eigenvalue weighted by atomic mass is 16.5. The van der Waals surface area contributed by atoms with Crippen LogP contribution >= 0.6 is 0 Å². The zero-order valence-electron chi connectivity index (χ0n) is 16.0. The molecular formula is C19H31N3O3. The maximum atomic E-state index is 12.6. The van der Waals surface area contributed by atoms with Gasteiger partial charge in [0.15, 0.2) is 0 Å². The van der Waals surface area contributed by atoms with E-state index in [1.165, 1.54) is 0 Å². The molecule has 0 saturated carbocycles. The summed E-state index contributed by atoms with van der Waals surface area (Å²) < 4.78 is 11.5.